The molecule has 9 heteroatoms. The summed E-state index contributed by atoms with van der Waals surface area (Å²) in [7, 11) is 1.50. The summed E-state index contributed by atoms with van der Waals surface area (Å²) in [5.74, 6) is -0.787. The molecule has 1 saturated heterocycles. The predicted octanol–water partition coefficient (Wildman–Crippen LogP) is 0.653. The number of hydrogen-bond acceptors (Lipinski definition) is 7. The van der Waals surface area contributed by atoms with Gasteiger partial charge in [-0.05, 0) is 17.7 Å². The van der Waals surface area contributed by atoms with Gasteiger partial charge in [-0.1, -0.05) is 0 Å². The number of amides is 2. The molecule has 1 fully saturated rings. The molecule has 0 bridgehead atoms. The number of morpholine rings is 1. The second-order valence-electron chi connectivity index (χ2n) is 5.88. The Morgan fingerprint density at radius 3 is 2.38 bits per heavy atom. The molecule has 0 spiro atoms. The summed E-state index contributed by atoms with van der Waals surface area (Å²) in [5, 5.41) is 10.9. The second-order valence-corrected chi connectivity index (χ2v) is 5.88. The zero-order valence-corrected chi connectivity index (χ0v) is 14.3. The van der Waals surface area contributed by atoms with Gasteiger partial charge in [0.05, 0.1) is 36.9 Å². The van der Waals surface area contributed by atoms with Crippen LogP contribution in [0.15, 0.2) is 30.0 Å². The predicted molar refractivity (Wildman–Crippen MR) is 91.0 cm³/mol. The van der Waals surface area contributed by atoms with Crippen molar-refractivity contribution in [2.24, 2.45) is 0 Å². The van der Waals surface area contributed by atoms with Crippen LogP contribution in [0.3, 0.4) is 0 Å². The molecule has 9 nitrogen and oxygen atoms in total. The average Bonchev–Trinajstić information content (AvgIpc) is 2.91. The number of rotatable bonds is 6. The zero-order valence-electron chi connectivity index (χ0n) is 14.3. The number of nitrogens with zero attached hydrogens (tertiary/aromatic N) is 3. The number of nitro groups is 1. The SMILES string of the molecule is COCCN1C(=O)C(c2ccc([N+](=O)[O-])cc2)=C(N2CCOCC2)C1=O. The number of carbonyl (C=O) groups excluding carboxylic acids is 2. The van der Waals surface area contributed by atoms with Gasteiger partial charge in [0.2, 0.25) is 0 Å². The number of carbonyl (C=O) groups is 2. The van der Waals surface area contributed by atoms with Crippen LogP contribution in [0.1, 0.15) is 5.56 Å². The lowest BCUT2D eigenvalue weighted by Crippen LogP contribution is -2.41. The van der Waals surface area contributed by atoms with E-state index in [1.807, 2.05) is 4.90 Å². The molecule has 0 saturated carbocycles. The van der Waals surface area contributed by atoms with Crippen LogP contribution in [-0.2, 0) is 19.1 Å². The van der Waals surface area contributed by atoms with Crippen LogP contribution >= 0.6 is 0 Å². The van der Waals surface area contributed by atoms with E-state index >= 15 is 0 Å². The summed E-state index contributed by atoms with van der Waals surface area (Å²) in [6.45, 7) is 2.33. The van der Waals surface area contributed by atoms with Crippen LogP contribution < -0.4 is 0 Å². The van der Waals surface area contributed by atoms with Gasteiger partial charge in [-0.25, -0.2) is 0 Å². The number of imide groups is 1. The van der Waals surface area contributed by atoms with E-state index in [1.165, 1.54) is 31.4 Å². The molecule has 0 aliphatic carbocycles. The highest BCUT2D eigenvalue weighted by molar-refractivity contribution is 6.35. The van der Waals surface area contributed by atoms with E-state index in [-0.39, 0.29) is 30.3 Å². The van der Waals surface area contributed by atoms with Gasteiger partial charge in [-0.2, -0.15) is 0 Å². The molecule has 0 radical (unpaired) electrons. The van der Waals surface area contributed by atoms with Crippen LogP contribution in [0, 0.1) is 10.1 Å². The lowest BCUT2D eigenvalue weighted by atomic mass is 10.0. The number of non-ortho nitro benzene ring substituents is 1. The van der Waals surface area contributed by atoms with Crippen LogP contribution in [0.4, 0.5) is 5.69 Å². The van der Waals surface area contributed by atoms with Crippen LogP contribution in [-0.4, -0.2) is 73.1 Å². The molecular formula is C17H19N3O6. The van der Waals surface area contributed by atoms with E-state index in [0.717, 1.165) is 4.90 Å². The third-order valence-corrected chi connectivity index (χ3v) is 4.36. The molecule has 26 heavy (non-hydrogen) atoms. The largest absolute Gasteiger partial charge is 0.383 e. The van der Waals surface area contributed by atoms with Gasteiger partial charge in [0, 0.05) is 32.3 Å². The minimum atomic E-state index is -0.506. The van der Waals surface area contributed by atoms with Gasteiger partial charge in [-0.3, -0.25) is 24.6 Å². The summed E-state index contributed by atoms with van der Waals surface area (Å²) in [4.78, 5) is 39.1. The molecule has 3 rings (SSSR count). The fourth-order valence-corrected chi connectivity index (χ4v) is 3.04. The quantitative estimate of drug-likeness (QED) is 0.416. The first kappa shape index (κ1) is 18.0. The maximum atomic E-state index is 12.9. The first-order valence-corrected chi connectivity index (χ1v) is 8.21. The molecule has 138 valence electrons. The molecule has 2 aliphatic rings. The minimum Gasteiger partial charge on any atom is -0.383 e. The molecule has 0 atom stereocenters. The number of benzene rings is 1. The number of ether oxygens (including phenoxy) is 2. The molecule has 1 aromatic rings. The van der Waals surface area contributed by atoms with Gasteiger partial charge >= 0.3 is 0 Å². The van der Waals surface area contributed by atoms with Crippen molar-refractivity contribution in [3.05, 3.63) is 45.6 Å². The van der Waals surface area contributed by atoms with Crippen molar-refractivity contribution in [1.29, 1.82) is 0 Å². The van der Waals surface area contributed by atoms with E-state index in [4.69, 9.17) is 9.47 Å². The van der Waals surface area contributed by atoms with Gasteiger partial charge in [0.15, 0.2) is 0 Å². The smallest absolute Gasteiger partial charge is 0.277 e. The Hall–Kier alpha value is -2.78. The molecule has 2 amide bonds. The highest BCUT2D eigenvalue weighted by Crippen LogP contribution is 2.32. The van der Waals surface area contributed by atoms with E-state index < -0.39 is 10.8 Å². The highest BCUT2D eigenvalue weighted by Gasteiger charge is 2.41. The lowest BCUT2D eigenvalue weighted by molar-refractivity contribution is -0.384. The van der Waals surface area contributed by atoms with E-state index in [1.54, 1.807) is 0 Å². The first-order valence-electron chi connectivity index (χ1n) is 8.21. The summed E-state index contributed by atoms with van der Waals surface area (Å²) in [5.41, 5.74) is 0.997. The Labute approximate surface area is 149 Å². The summed E-state index contributed by atoms with van der Waals surface area (Å²) >= 11 is 0. The molecule has 0 aromatic heterocycles. The van der Waals surface area contributed by atoms with E-state index in [0.29, 0.717) is 37.6 Å². The van der Waals surface area contributed by atoms with Crippen molar-refractivity contribution >= 4 is 23.1 Å². The van der Waals surface area contributed by atoms with Crippen molar-refractivity contribution in [2.75, 3.05) is 46.6 Å². The summed E-state index contributed by atoms with van der Waals surface area (Å²) in [6, 6.07) is 5.65. The molecule has 0 unspecified atom stereocenters. The van der Waals surface area contributed by atoms with Crippen molar-refractivity contribution in [3.8, 4) is 0 Å². The van der Waals surface area contributed by atoms with E-state index in [2.05, 4.69) is 0 Å². The Balaban J connectivity index is 2.01. The average molecular weight is 361 g/mol. The number of methoxy groups -OCH3 is 1. The van der Waals surface area contributed by atoms with Crippen LogP contribution in [0.5, 0.6) is 0 Å². The van der Waals surface area contributed by atoms with Gasteiger partial charge in [-0.15, -0.1) is 0 Å². The molecule has 2 aliphatic heterocycles. The third-order valence-electron chi connectivity index (χ3n) is 4.36. The minimum absolute atomic E-state index is 0.0738. The van der Waals surface area contributed by atoms with Crippen molar-refractivity contribution in [1.82, 2.24) is 9.80 Å². The van der Waals surface area contributed by atoms with Gasteiger partial charge in [0.25, 0.3) is 17.5 Å². The second kappa shape index (κ2) is 7.63. The van der Waals surface area contributed by atoms with Gasteiger partial charge in [0.1, 0.15) is 5.70 Å². The van der Waals surface area contributed by atoms with Gasteiger partial charge < -0.3 is 14.4 Å². The standard InChI is InChI=1S/C17H19N3O6/c1-25-9-8-19-16(21)14(12-2-4-13(5-3-12)20(23)24)15(17(19)22)18-6-10-26-11-7-18/h2-5H,6-11H2,1H3. The van der Waals surface area contributed by atoms with Crippen molar-refractivity contribution < 1.29 is 24.0 Å². The fourth-order valence-electron chi connectivity index (χ4n) is 3.04. The fraction of sp³-hybridized carbons (Fsp3) is 0.412. The Morgan fingerprint density at radius 2 is 1.81 bits per heavy atom. The lowest BCUT2D eigenvalue weighted by Gasteiger charge is -2.29. The zero-order chi connectivity index (χ0) is 18.7. The Bertz CT molecular complexity index is 752. The third kappa shape index (κ3) is 3.31. The maximum absolute atomic E-state index is 12.9. The van der Waals surface area contributed by atoms with Crippen molar-refractivity contribution in [3.63, 3.8) is 0 Å². The summed E-state index contributed by atoms with van der Waals surface area (Å²) < 4.78 is 10.3. The topological polar surface area (TPSA) is 102 Å². The number of hydrogen-bond donors (Lipinski definition) is 0. The summed E-state index contributed by atoms with van der Waals surface area (Å²) in [6.07, 6.45) is 0. The van der Waals surface area contributed by atoms with E-state index in [9.17, 15) is 19.7 Å². The molecular weight excluding hydrogens is 342 g/mol. The maximum Gasteiger partial charge on any atom is 0.277 e. The van der Waals surface area contributed by atoms with Crippen LogP contribution in [0.2, 0.25) is 0 Å². The number of nitro benzene ring substituents is 1. The van der Waals surface area contributed by atoms with Crippen molar-refractivity contribution in [2.45, 2.75) is 0 Å². The monoisotopic (exact) mass is 361 g/mol. The Morgan fingerprint density at radius 1 is 1.15 bits per heavy atom. The van der Waals surface area contributed by atoms with Crippen LogP contribution in [0.25, 0.3) is 5.57 Å². The molecule has 1 aromatic carbocycles. The molecule has 2 heterocycles. The molecule has 0 N–H and O–H groups in total. The first-order chi connectivity index (χ1) is 12.5. The normalized spacial score (nSPS) is 18.0. The highest BCUT2D eigenvalue weighted by atomic mass is 16.6. The Kier molecular flexibility index (Phi) is 5.29.